The number of aryl methyl sites for hydroxylation is 2. The highest BCUT2D eigenvalue weighted by atomic mass is 16.2. The van der Waals surface area contributed by atoms with Crippen molar-refractivity contribution in [1.82, 2.24) is 10.2 Å². The first-order valence-electron chi connectivity index (χ1n) is 12.0. The van der Waals surface area contributed by atoms with Gasteiger partial charge >= 0.3 is 0 Å². The van der Waals surface area contributed by atoms with Gasteiger partial charge in [0.25, 0.3) is 11.8 Å². The molecule has 3 aromatic rings. The molecule has 172 valence electrons. The van der Waals surface area contributed by atoms with Crippen LogP contribution in [0.2, 0.25) is 0 Å². The van der Waals surface area contributed by atoms with Crippen LogP contribution >= 0.6 is 0 Å². The second-order valence-electron chi connectivity index (χ2n) is 9.20. The average Bonchev–Trinajstić information content (AvgIpc) is 3.12. The molecule has 1 heterocycles. The minimum atomic E-state index is -0.935. The van der Waals surface area contributed by atoms with Gasteiger partial charge in [-0.2, -0.15) is 0 Å². The van der Waals surface area contributed by atoms with Crippen LogP contribution in [-0.2, 0) is 24.1 Å². The third-order valence-electron chi connectivity index (χ3n) is 6.94. The van der Waals surface area contributed by atoms with Crippen molar-refractivity contribution in [3.63, 3.8) is 0 Å². The van der Waals surface area contributed by atoms with E-state index in [0.717, 1.165) is 28.9 Å². The summed E-state index contributed by atoms with van der Waals surface area (Å²) in [6, 6.07) is 21.5. The van der Waals surface area contributed by atoms with Crippen LogP contribution in [0.25, 0.3) is 0 Å². The number of carbonyl (C=O) groups excluding carboxylic acids is 3. The van der Waals surface area contributed by atoms with E-state index in [1.165, 1.54) is 24.0 Å². The number of hydrogen-bond acceptors (Lipinski definition) is 3. The molecule has 3 aromatic carbocycles. The molecule has 0 radical (unpaired) electrons. The fourth-order valence-electron chi connectivity index (χ4n) is 5.05. The summed E-state index contributed by atoms with van der Waals surface area (Å²) in [6.45, 7) is 1.95. The van der Waals surface area contributed by atoms with E-state index in [-0.39, 0.29) is 18.4 Å². The lowest BCUT2D eigenvalue weighted by atomic mass is 9.89. The van der Waals surface area contributed by atoms with Gasteiger partial charge in [-0.3, -0.25) is 19.3 Å². The van der Waals surface area contributed by atoms with Crippen LogP contribution in [0.4, 0.5) is 0 Å². The second-order valence-corrected chi connectivity index (χ2v) is 9.20. The van der Waals surface area contributed by atoms with E-state index in [9.17, 15) is 14.4 Å². The Hall–Kier alpha value is -3.73. The van der Waals surface area contributed by atoms with E-state index in [4.69, 9.17) is 0 Å². The third kappa shape index (κ3) is 4.14. The van der Waals surface area contributed by atoms with Gasteiger partial charge in [0.2, 0.25) is 5.91 Å². The van der Waals surface area contributed by atoms with Crippen LogP contribution in [0.3, 0.4) is 0 Å². The number of amides is 3. The predicted molar refractivity (Wildman–Crippen MR) is 131 cm³/mol. The molecule has 0 aromatic heterocycles. The van der Waals surface area contributed by atoms with Crippen LogP contribution in [0.1, 0.15) is 68.8 Å². The predicted octanol–water partition coefficient (Wildman–Crippen LogP) is 4.65. The summed E-state index contributed by atoms with van der Waals surface area (Å²) in [7, 11) is 0. The van der Waals surface area contributed by atoms with Gasteiger partial charge in [-0.1, -0.05) is 60.7 Å². The molecule has 0 spiro atoms. The maximum Gasteiger partial charge on any atom is 0.262 e. The van der Waals surface area contributed by atoms with Gasteiger partial charge < -0.3 is 5.32 Å². The zero-order valence-corrected chi connectivity index (χ0v) is 19.3. The molecule has 34 heavy (non-hydrogen) atoms. The first kappa shape index (κ1) is 22.1. The normalized spacial score (nSPS) is 16.6. The molecule has 1 aliphatic carbocycles. The fourth-order valence-corrected chi connectivity index (χ4v) is 5.05. The van der Waals surface area contributed by atoms with Crippen molar-refractivity contribution in [3.05, 3.63) is 106 Å². The number of fused-ring (bicyclic) bond motifs is 2. The summed E-state index contributed by atoms with van der Waals surface area (Å²) >= 11 is 0. The highest BCUT2D eigenvalue weighted by Crippen LogP contribution is 2.28. The fraction of sp³-hybridized carbons (Fsp3) is 0.276. The van der Waals surface area contributed by atoms with E-state index in [1.54, 1.807) is 24.3 Å². The first-order chi connectivity index (χ1) is 16.5. The SMILES string of the molecule is C[C@H](NC(=O)[C@H](Cc1ccccc1)N1C(=O)c2ccccc2C1=O)c1ccc2c(c1)CCCC2. The number of benzene rings is 3. The quantitative estimate of drug-likeness (QED) is 0.554. The van der Waals surface area contributed by atoms with Gasteiger partial charge in [0.05, 0.1) is 17.2 Å². The van der Waals surface area contributed by atoms with E-state index >= 15 is 0 Å². The lowest BCUT2D eigenvalue weighted by Crippen LogP contribution is -2.51. The van der Waals surface area contributed by atoms with Crippen molar-refractivity contribution in [3.8, 4) is 0 Å². The van der Waals surface area contributed by atoms with Crippen molar-refractivity contribution in [2.75, 3.05) is 0 Å². The topological polar surface area (TPSA) is 66.5 Å². The lowest BCUT2D eigenvalue weighted by Gasteiger charge is -2.27. The van der Waals surface area contributed by atoms with E-state index < -0.39 is 17.9 Å². The summed E-state index contributed by atoms with van der Waals surface area (Å²) in [5.41, 5.74) is 5.37. The Morgan fingerprint density at radius 1 is 0.853 bits per heavy atom. The van der Waals surface area contributed by atoms with Crippen molar-refractivity contribution in [2.45, 2.75) is 51.1 Å². The average molecular weight is 453 g/mol. The summed E-state index contributed by atoms with van der Waals surface area (Å²) < 4.78 is 0. The number of imide groups is 1. The molecule has 0 unspecified atom stereocenters. The van der Waals surface area contributed by atoms with Gasteiger partial charge in [0, 0.05) is 6.42 Å². The monoisotopic (exact) mass is 452 g/mol. The number of rotatable bonds is 6. The zero-order valence-electron chi connectivity index (χ0n) is 19.3. The maximum atomic E-state index is 13.6. The van der Waals surface area contributed by atoms with Crippen LogP contribution < -0.4 is 5.32 Å². The Kier molecular flexibility index (Phi) is 6.01. The highest BCUT2D eigenvalue weighted by molar-refractivity contribution is 6.22. The Balaban J connectivity index is 1.42. The smallest absolute Gasteiger partial charge is 0.262 e. The zero-order chi connectivity index (χ0) is 23.7. The highest BCUT2D eigenvalue weighted by Gasteiger charge is 2.42. The molecule has 5 rings (SSSR count). The second kappa shape index (κ2) is 9.26. The molecule has 5 heteroatoms. The standard InChI is InChI=1S/C29H28N2O3/c1-19(22-16-15-21-11-5-6-12-23(21)18-22)30-27(32)26(17-20-9-3-2-4-10-20)31-28(33)24-13-7-8-14-25(24)29(31)34/h2-4,7-10,13-16,18-19,26H,5-6,11-12,17H2,1H3,(H,30,32)/t19-,26-/m0/s1. The molecule has 0 fully saturated rings. The lowest BCUT2D eigenvalue weighted by molar-refractivity contribution is -0.125. The molecule has 1 N–H and O–H groups in total. The molecule has 2 atom stereocenters. The van der Waals surface area contributed by atoms with E-state index in [2.05, 4.69) is 23.5 Å². The van der Waals surface area contributed by atoms with Crippen molar-refractivity contribution < 1.29 is 14.4 Å². The summed E-state index contributed by atoms with van der Waals surface area (Å²) in [6.07, 6.45) is 4.84. The molecular formula is C29H28N2O3. The molecular weight excluding hydrogens is 424 g/mol. The summed E-state index contributed by atoms with van der Waals surface area (Å²) in [4.78, 5) is 41.1. The van der Waals surface area contributed by atoms with Gasteiger partial charge in [-0.15, -0.1) is 0 Å². The number of nitrogens with one attached hydrogen (secondary N) is 1. The van der Waals surface area contributed by atoms with E-state index in [1.807, 2.05) is 37.3 Å². The van der Waals surface area contributed by atoms with Crippen LogP contribution in [-0.4, -0.2) is 28.7 Å². The minimum absolute atomic E-state index is 0.242. The Bertz CT molecular complexity index is 1220. The van der Waals surface area contributed by atoms with Gasteiger partial charge in [0.1, 0.15) is 6.04 Å². The third-order valence-corrected chi connectivity index (χ3v) is 6.94. The summed E-state index contributed by atoms with van der Waals surface area (Å²) in [5.74, 6) is -1.17. The van der Waals surface area contributed by atoms with Crippen LogP contribution in [0.5, 0.6) is 0 Å². The largest absolute Gasteiger partial charge is 0.348 e. The Labute approximate surface area is 199 Å². The van der Waals surface area contributed by atoms with Crippen molar-refractivity contribution in [2.24, 2.45) is 0 Å². The van der Waals surface area contributed by atoms with Gasteiger partial charge in [-0.25, -0.2) is 0 Å². The molecule has 3 amide bonds. The van der Waals surface area contributed by atoms with Crippen LogP contribution in [0, 0.1) is 0 Å². The molecule has 5 nitrogen and oxygen atoms in total. The Morgan fingerprint density at radius 3 is 2.15 bits per heavy atom. The molecule has 0 bridgehead atoms. The summed E-state index contributed by atoms with van der Waals surface area (Å²) in [5, 5.41) is 3.08. The molecule has 1 aliphatic heterocycles. The Morgan fingerprint density at radius 2 is 1.47 bits per heavy atom. The molecule has 0 saturated heterocycles. The maximum absolute atomic E-state index is 13.6. The molecule has 0 saturated carbocycles. The van der Waals surface area contributed by atoms with Crippen molar-refractivity contribution in [1.29, 1.82) is 0 Å². The number of carbonyl (C=O) groups is 3. The van der Waals surface area contributed by atoms with Gasteiger partial charge in [0.15, 0.2) is 0 Å². The number of hydrogen-bond donors (Lipinski definition) is 1. The van der Waals surface area contributed by atoms with Crippen LogP contribution in [0.15, 0.2) is 72.8 Å². The molecule has 2 aliphatic rings. The van der Waals surface area contributed by atoms with E-state index in [0.29, 0.717) is 11.1 Å². The minimum Gasteiger partial charge on any atom is -0.348 e. The van der Waals surface area contributed by atoms with Gasteiger partial charge in [-0.05, 0) is 67.0 Å². The van der Waals surface area contributed by atoms with Crippen molar-refractivity contribution >= 4 is 17.7 Å². The first-order valence-corrected chi connectivity index (χ1v) is 12.0. The number of nitrogens with zero attached hydrogens (tertiary/aromatic N) is 1.